The van der Waals surface area contributed by atoms with Crippen LogP contribution in [0, 0.1) is 0 Å². The van der Waals surface area contributed by atoms with Crippen LogP contribution in [0.25, 0.3) is 33.7 Å². The summed E-state index contributed by atoms with van der Waals surface area (Å²) in [5.41, 5.74) is 1.71. The maximum Gasteiger partial charge on any atom is 0.334 e. The molecule has 0 saturated carbocycles. The van der Waals surface area contributed by atoms with Crippen molar-refractivity contribution in [2.24, 2.45) is 0 Å². The number of benzene rings is 3. The van der Waals surface area contributed by atoms with Gasteiger partial charge in [-0.2, -0.15) is 5.10 Å². The van der Waals surface area contributed by atoms with E-state index in [1.165, 1.54) is 0 Å². The van der Waals surface area contributed by atoms with Gasteiger partial charge in [-0.25, -0.2) is 14.0 Å². The van der Waals surface area contributed by atoms with Crippen LogP contribution in [0.2, 0.25) is 5.02 Å². The first kappa shape index (κ1) is 18.1. The summed E-state index contributed by atoms with van der Waals surface area (Å²) in [4.78, 5) is 29.3. The number of hydrogen-bond donors (Lipinski definition) is 1. The van der Waals surface area contributed by atoms with Crippen LogP contribution in [0.15, 0.2) is 94.5 Å². The molecule has 0 spiro atoms. The number of aromatic nitrogens is 4. The Balaban J connectivity index is 1.91. The first-order chi connectivity index (χ1) is 14.6. The summed E-state index contributed by atoms with van der Waals surface area (Å²) in [7, 11) is 0. The van der Waals surface area contributed by atoms with Gasteiger partial charge in [0.1, 0.15) is 11.1 Å². The molecule has 0 radical (unpaired) electrons. The number of halogens is 1. The first-order valence-electron chi connectivity index (χ1n) is 9.28. The zero-order valence-corrected chi connectivity index (χ0v) is 16.4. The van der Waals surface area contributed by atoms with Gasteiger partial charge >= 0.3 is 5.69 Å². The van der Waals surface area contributed by atoms with Crippen molar-refractivity contribution in [1.82, 2.24) is 19.3 Å². The van der Waals surface area contributed by atoms with Crippen LogP contribution >= 0.6 is 11.6 Å². The molecule has 0 bridgehead atoms. The Labute approximate surface area is 175 Å². The molecule has 5 aromatic rings. The molecule has 0 saturated heterocycles. The molecule has 3 aromatic carbocycles. The van der Waals surface area contributed by atoms with Gasteiger partial charge in [-0.3, -0.25) is 9.78 Å². The lowest BCUT2D eigenvalue weighted by atomic mass is 10.1. The molecular formula is C23H15ClN4O2. The Morgan fingerprint density at radius 1 is 0.800 bits per heavy atom. The Hall–Kier alpha value is -3.90. The third kappa shape index (κ3) is 2.94. The fraction of sp³-hybridized carbons (Fsp3) is 0. The van der Waals surface area contributed by atoms with Gasteiger partial charge in [-0.1, -0.05) is 66.2 Å². The molecule has 6 nitrogen and oxygen atoms in total. The molecule has 2 aromatic heterocycles. The second kappa shape index (κ2) is 7.17. The van der Waals surface area contributed by atoms with E-state index in [1.807, 2.05) is 60.7 Å². The van der Waals surface area contributed by atoms with Gasteiger partial charge in [0.2, 0.25) is 0 Å². The van der Waals surface area contributed by atoms with Crippen molar-refractivity contribution < 1.29 is 0 Å². The number of nitrogens with zero attached hydrogens (tertiary/aromatic N) is 3. The van der Waals surface area contributed by atoms with Gasteiger partial charge in [-0.15, -0.1) is 0 Å². The summed E-state index contributed by atoms with van der Waals surface area (Å²) < 4.78 is 2.67. The van der Waals surface area contributed by atoms with Crippen LogP contribution in [0.4, 0.5) is 0 Å². The monoisotopic (exact) mass is 414 g/mol. The highest BCUT2D eigenvalue weighted by molar-refractivity contribution is 6.30. The summed E-state index contributed by atoms with van der Waals surface area (Å²) in [6.45, 7) is 0. The van der Waals surface area contributed by atoms with Crippen LogP contribution in [0.1, 0.15) is 0 Å². The summed E-state index contributed by atoms with van der Waals surface area (Å²) in [6, 6.07) is 25.4. The third-order valence-electron chi connectivity index (χ3n) is 4.85. The lowest BCUT2D eigenvalue weighted by Gasteiger charge is -2.07. The van der Waals surface area contributed by atoms with E-state index in [9.17, 15) is 9.59 Å². The third-order valence-corrected chi connectivity index (χ3v) is 5.08. The van der Waals surface area contributed by atoms with Crippen molar-refractivity contribution in [1.29, 1.82) is 0 Å². The molecule has 0 amide bonds. The highest BCUT2D eigenvalue weighted by Gasteiger charge is 2.21. The summed E-state index contributed by atoms with van der Waals surface area (Å²) in [6.07, 6.45) is 0. The van der Waals surface area contributed by atoms with E-state index in [4.69, 9.17) is 16.7 Å². The van der Waals surface area contributed by atoms with E-state index in [-0.39, 0.29) is 0 Å². The SMILES string of the molecule is O=c1[nH]c2c(c(-c3ccccc3)nn2-c2ccccc2)c(=O)n1-c1cccc(Cl)c1. The average molecular weight is 415 g/mol. The number of hydrogen-bond acceptors (Lipinski definition) is 3. The van der Waals surface area contributed by atoms with Gasteiger partial charge in [-0.05, 0) is 30.3 Å². The van der Waals surface area contributed by atoms with E-state index >= 15 is 0 Å². The van der Waals surface area contributed by atoms with E-state index in [2.05, 4.69) is 4.98 Å². The quantitative estimate of drug-likeness (QED) is 0.481. The number of nitrogens with one attached hydrogen (secondary N) is 1. The molecule has 2 heterocycles. The molecule has 5 rings (SSSR count). The number of aromatic amines is 1. The smallest absolute Gasteiger partial charge is 0.291 e. The summed E-state index contributed by atoms with van der Waals surface area (Å²) in [5.74, 6) is 0. The first-order valence-corrected chi connectivity index (χ1v) is 9.66. The Morgan fingerprint density at radius 2 is 1.47 bits per heavy atom. The van der Waals surface area contributed by atoms with Crippen LogP contribution in [-0.2, 0) is 0 Å². The van der Waals surface area contributed by atoms with Gasteiger partial charge in [0.25, 0.3) is 5.56 Å². The van der Waals surface area contributed by atoms with E-state index < -0.39 is 11.2 Å². The average Bonchev–Trinajstić information content (AvgIpc) is 3.15. The van der Waals surface area contributed by atoms with Gasteiger partial charge in [0.15, 0.2) is 5.65 Å². The zero-order valence-electron chi connectivity index (χ0n) is 15.6. The predicted octanol–water partition coefficient (Wildman–Crippen LogP) is 4.19. The fourth-order valence-electron chi connectivity index (χ4n) is 3.50. The van der Waals surface area contributed by atoms with Crippen molar-refractivity contribution in [2.75, 3.05) is 0 Å². The molecule has 30 heavy (non-hydrogen) atoms. The Morgan fingerprint density at radius 3 is 2.17 bits per heavy atom. The lowest BCUT2D eigenvalue weighted by molar-refractivity contribution is 0.863. The minimum absolute atomic E-state index is 0.324. The summed E-state index contributed by atoms with van der Waals surface area (Å²) >= 11 is 6.08. The number of H-pyrrole nitrogens is 1. The van der Waals surface area contributed by atoms with Crippen molar-refractivity contribution in [3.63, 3.8) is 0 Å². The largest absolute Gasteiger partial charge is 0.334 e. The van der Waals surface area contributed by atoms with Gasteiger partial charge < -0.3 is 0 Å². The highest BCUT2D eigenvalue weighted by atomic mass is 35.5. The topological polar surface area (TPSA) is 72.7 Å². The lowest BCUT2D eigenvalue weighted by Crippen LogP contribution is -2.33. The van der Waals surface area contributed by atoms with Crippen molar-refractivity contribution in [3.8, 4) is 22.6 Å². The Bertz CT molecular complexity index is 1490. The second-order valence-corrected chi connectivity index (χ2v) is 7.17. The van der Waals surface area contributed by atoms with Crippen molar-refractivity contribution >= 4 is 22.6 Å². The van der Waals surface area contributed by atoms with Crippen molar-refractivity contribution in [2.45, 2.75) is 0 Å². The molecule has 0 aliphatic carbocycles. The normalized spacial score (nSPS) is 11.1. The Kier molecular flexibility index (Phi) is 4.34. The van der Waals surface area contributed by atoms with E-state index in [0.717, 1.165) is 15.8 Å². The van der Waals surface area contributed by atoms with Crippen LogP contribution in [0.5, 0.6) is 0 Å². The molecule has 0 fully saturated rings. The van der Waals surface area contributed by atoms with Gasteiger partial charge in [0.05, 0.1) is 11.4 Å². The maximum atomic E-state index is 13.5. The highest BCUT2D eigenvalue weighted by Crippen LogP contribution is 2.26. The molecule has 0 aliphatic heterocycles. The molecular weight excluding hydrogens is 400 g/mol. The molecule has 0 unspecified atom stereocenters. The van der Waals surface area contributed by atoms with Crippen LogP contribution in [-0.4, -0.2) is 19.3 Å². The van der Waals surface area contributed by atoms with E-state index in [1.54, 1.807) is 28.9 Å². The van der Waals surface area contributed by atoms with Crippen LogP contribution < -0.4 is 11.2 Å². The molecule has 7 heteroatoms. The molecule has 146 valence electrons. The van der Waals surface area contributed by atoms with Crippen LogP contribution in [0.3, 0.4) is 0 Å². The predicted molar refractivity (Wildman–Crippen MR) is 118 cm³/mol. The zero-order chi connectivity index (χ0) is 20.7. The fourth-order valence-corrected chi connectivity index (χ4v) is 3.69. The number of rotatable bonds is 3. The number of para-hydroxylation sites is 1. The minimum atomic E-state index is -0.563. The van der Waals surface area contributed by atoms with Crippen molar-refractivity contribution in [3.05, 3.63) is 111 Å². The minimum Gasteiger partial charge on any atom is -0.291 e. The summed E-state index contributed by atoms with van der Waals surface area (Å²) in [5, 5.41) is 5.45. The molecule has 0 aliphatic rings. The molecule has 1 N–H and O–H groups in total. The standard InChI is InChI=1S/C23H15ClN4O2/c24-16-10-7-13-18(14-16)27-22(29)19-20(15-8-3-1-4-9-15)26-28(21(19)25-23(27)30)17-11-5-2-6-12-17/h1-14H,(H,25,30). The number of fused-ring (bicyclic) bond motifs is 1. The maximum absolute atomic E-state index is 13.5. The van der Waals surface area contributed by atoms with E-state index in [0.29, 0.717) is 27.4 Å². The molecule has 0 atom stereocenters. The second-order valence-electron chi connectivity index (χ2n) is 6.74. The van der Waals surface area contributed by atoms with Gasteiger partial charge in [0, 0.05) is 10.6 Å².